The monoisotopic (exact) mass is 250 g/mol. The van der Waals surface area contributed by atoms with Crippen molar-refractivity contribution in [2.24, 2.45) is 0 Å². The van der Waals surface area contributed by atoms with E-state index in [9.17, 15) is 4.79 Å². The van der Waals surface area contributed by atoms with Gasteiger partial charge < -0.3 is 15.7 Å². The van der Waals surface area contributed by atoms with E-state index in [0.717, 1.165) is 30.6 Å². The molecule has 0 aliphatic rings. The minimum absolute atomic E-state index is 0.0438. The van der Waals surface area contributed by atoms with Gasteiger partial charge in [0, 0.05) is 5.69 Å². The maximum atomic E-state index is 11.6. The fourth-order valence-corrected chi connectivity index (χ4v) is 1.65. The molecule has 18 heavy (non-hydrogen) atoms. The van der Waals surface area contributed by atoms with Crippen LogP contribution in [0.15, 0.2) is 24.3 Å². The number of amides is 1. The number of aliphatic hydroxyl groups is 1. The average molecular weight is 250 g/mol. The summed E-state index contributed by atoms with van der Waals surface area (Å²) in [6, 6.07) is 7.72. The Labute approximate surface area is 108 Å². The van der Waals surface area contributed by atoms with Gasteiger partial charge >= 0.3 is 0 Å². The molecule has 4 nitrogen and oxygen atoms in total. The van der Waals surface area contributed by atoms with Gasteiger partial charge in [-0.25, -0.2) is 0 Å². The van der Waals surface area contributed by atoms with E-state index in [4.69, 9.17) is 5.11 Å². The van der Waals surface area contributed by atoms with Crippen LogP contribution in [0.5, 0.6) is 0 Å². The molecule has 1 atom stereocenters. The molecule has 100 valence electrons. The predicted molar refractivity (Wildman–Crippen MR) is 73.6 cm³/mol. The molecule has 0 aliphatic heterocycles. The van der Waals surface area contributed by atoms with E-state index in [2.05, 4.69) is 10.6 Å². The zero-order valence-corrected chi connectivity index (χ0v) is 11.1. The molecule has 1 aromatic carbocycles. The summed E-state index contributed by atoms with van der Waals surface area (Å²) in [5.41, 5.74) is 1.95. The van der Waals surface area contributed by atoms with E-state index < -0.39 is 0 Å². The van der Waals surface area contributed by atoms with Crippen LogP contribution in [-0.2, 0) is 4.79 Å². The first-order valence-electron chi connectivity index (χ1n) is 6.33. The summed E-state index contributed by atoms with van der Waals surface area (Å²) in [5, 5.41) is 15.0. The van der Waals surface area contributed by atoms with E-state index >= 15 is 0 Å². The second-order valence-electron chi connectivity index (χ2n) is 4.59. The lowest BCUT2D eigenvalue weighted by Crippen LogP contribution is -2.29. The lowest BCUT2D eigenvalue weighted by Gasteiger charge is -2.08. The number of hydrogen-bond acceptors (Lipinski definition) is 3. The minimum Gasteiger partial charge on any atom is -0.393 e. The number of rotatable bonds is 7. The normalized spacial score (nSPS) is 12.2. The summed E-state index contributed by atoms with van der Waals surface area (Å²) < 4.78 is 0. The highest BCUT2D eigenvalue weighted by Crippen LogP contribution is 2.08. The molecular formula is C14H22N2O2. The Morgan fingerprint density at radius 1 is 1.44 bits per heavy atom. The number of anilines is 1. The molecule has 1 rings (SSSR count). The van der Waals surface area contributed by atoms with E-state index in [0.29, 0.717) is 6.54 Å². The van der Waals surface area contributed by atoms with Gasteiger partial charge in [-0.15, -0.1) is 0 Å². The van der Waals surface area contributed by atoms with E-state index in [1.54, 1.807) is 6.92 Å². The Hall–Kier alpha value is -1.39. The van der Waals surface area contributed by atoms with Gasteiger partial charge in [0.1, 0.15) is 0 Å². The molecule has 0 saturated heterocycles. The number of carbonyl (C=O) groups excluding carboxylic acids is 1. The van der Waals surface area contributed by atoms with Crippen molar-refractivity contribution in [2.45, 2.75) is 32.8 Å². The minimum atomic E-state index is -0.270. The molecule has 0 radical (unpaired) electrons. The smallest absolute Gasteiger partial charge is 0.238 e. The summed E-state index contributed by atoms with van der Waals surface area (Å²) in [5.74, 6) is -0.0438. The Morgan fingerprint density at radius 2 is 2.22 bits per heavy atom. The summed E-state index contributed by atoms with van der Waals surface area (Å²) in [7, 11) is 0. The molecule has 0 heterocycles. The van der Waals surface area contributed by atoms with Crippen molar-refractivity contribution < 1.29 is 9.90 Å². The molecule has 0 spiro atoms. The molecular weight excluding hydrogens is 228 g/mol. The molecule has 0 bridgehead atoms. The lowest BCUT2D eigenvalue weighted by molar-refractivity contribution is -0.115. The van der Waals surface area contributed by atoms with Crippen molar-refractivity contribution in [3.63, 3.8) is 0 Å². The van der Waals surface area contributed by atoms with Crippen LogP contribution in [-0.4, -0.2) is 30.2 Å². The number of aryl methyl sites for hydroxylation is 1. The number of nitrogens with one attached hydrogen (secondary N) is 2. The molecule has 3 N–H and O–H groups in total. The third-order valence-corrected chi connectivity index (χ3v) is 2.56. The molecule has 0 saturated carbocycles. The van der Waals surface area contributed by atoms with Crippen LogP contribution in [0.1, 0.15) is 25.3 Å². The average Bonchev–Trinajstić information content (AvgIpc) is 2.28. The summed E-state index contributed by atoms with van der Waals surface area (Å²) in [4.78, 5) is 11.6. The van der Waals surface area contributed by atoms with Crippen molar-refractivity contribution in [1.82, 2.24) is 5.32 Å². The van der Waals surface area contributed by atoms with Crippen LogP contribution in [0.4, 0.5) is 5.69 Å². The van der Waals surface area contributed by atoms with Crippen molar-refractivity contribution in [3.8, 4) is 0 Å². The highest BCUT2D eigenvalue weighted by molar-refractivity contribution is 5.92. The van der Waals surface area contributed by atoms with Gasteiger partial charge in [0.15, 0.2) is 0 Å². The largest absolute Gasteiger partial charge is 0.393 e. The van der Waals surface area contributed by atoms with Crippen molar-refractivity contribution >= 4 is 11.6 Å². The quantitative estimate of drug-likeness (QED) is 0.645. The molecule has 0 aromatic heterocycles. The molecule has 4 heteroatoms. The standard InChI is InChI=1S/C14H22N2O2/c1-11-5-3-7-13(9-11)16-14(18)10-15-8-4-6-12(2)17/h3,5,7,9,12,15,17H,4,6,8,10H2,1-2H3,(H,16,18). The van der Waals surface area contributed by atoms with E-state index in [1.807, 2.05) is 31.2 Å². The molecule has 1 unspecified atom stereocenters. The Kier molecular flexibility index (Phi) is 6.39. The first kappa shape index (κ1) is 14.7. The Bertz CT molecular complexity index is 378. The van der Waals surface area contributed by atoms with Crippen LogP contribution in [0.25, 0.3) is 0 Å². The maximum Gasteiger partial charge on any atom is 0.238 e. The van der Waals surface area contributed by atoms with Crippen LogP contribution in [0, 0.1) is 6.92 Å². The highest BCUT2D eigenvalue weighted by atomic mass is 16.3. The van der Waals surface area contributed by atoms with Gasteiger partial charge in [-0.05, 0) is 50.9 Å². The second kappa shape index (κ2) is 7.84. The topological polar surface area (TPSA) is 61.4 Å². The SMILES string of the molecule is Cc1cccc(NC(=O)CNCCCC(C)O)c1. The third-order valence-electron chi connectivity index (χ3n) is 2.56. The summed E-state index contributed by atoms with van der Waals surface area (Å²) in [6.07, 6.45) is 1.36. The van der Waals surface area contributed by atoms with Crippen molar-refractivity contribution in [1.29, 1.82) is 0 Å². The second-order valence-corrected chi connectivity index (χ2v) is 4.59. The summed E-state index contributed by atoms with van der Waals surface area (Å²) >= 11 is 0. The zero-order chi connectivity index (χ0) is 13.4. The fraction of sp³-hybridized carbons (Fsp3) is 0.500. The van der Waals surface area contributed by atoms with E-state index in [-0.39, 0.29) is 12.0 Å². The van der Waals surface area contributed by atoms with Crippen molar-refractivity contribution in [3.05, 3.63) is 29.8 Å². The van der Waals surface area contributed by atoms with Crippen LogP contribution < -0.4 is 10.6 Å². The summed E-state index contributed by atoms with van der Waals surface area (Å²) in [6.45, 7) is 4.80. The van der Waals surface area contributed by atoms with E-state index in [1.165, 1.54) is 0 Å². The first-order valence-corrected chi connectivity index (χ1v) is 6.33. The van der Waals surface area contributed by atoms with Gasteiger partial charge in [0.2, 0.25) is 5.91 Å². The predicted octanol–water partition coefficient (Wildman–Crippen LogP) is 1.68. The molecule has 0 aliphatic carbocycles. The van der Waals surface area contributed by atoms with Gasteiger partial charge in [-0.1, -0.05) is 12.1 Å². The van der Waals surface area contributed by atoms with Gasteiger partial charge in [-0.2, -0.15) is 0 Å². The van der Waals surface area contributed by atoms with Crippen LogP contribution in [0.2, 0.25) is 0 Å². The van der Waals surface area contributed by atoms with Gasteiger partial charge in [0.25, 0.3) is 0 Å². The maximum absolute atomic E-state index is 11.6. The van der Waals surface area contributed by atoms with Crippen LogP contribution in [0.3, 0.4) is 0 Å². The fourth-order valence-electron chi connectivity index (χ4n) is 1.65. The van der Waals surface area contributed by atoms with Gasteiger partial charge in [0.05, 0.1) is 12.6 Å². The van der Waals surface area contributed by atoms with Gasteiger partial charge in [-0.3, -0.25) is 4.79 Å². The number of hydrogen-bond donors (Lipinski definition) is 3. The van der Waals surface area contributed by atoms with Crippen LogP contribution >= 0.6 is 0 Å². The number of aliphatic hydroxyl groups excluding tert-OH is 1. The van der Waals surface area contributed by atoms with Crippen molar-refractivity contribution in [2.75, 3.05) is 18.4 Å². The lowest BCUT2D eigenvalue weighted by atomic mass is 10.2. The number of carbonyl (C=O) groups is 1. The number of benzene rings is 1. The molecule has 1 amide bonds. The zero-order valence-electron chi connectivity index (χ0n) is 11.1. The first-order chi connectivity index (χ1) is 8.58. The molecule has 1 aromatic rings. The molecule has 0 fully saturated rings. The highest BCUT2D eigenvalue weighted by Gasteiger charge is 2.02. The Balaban J connectivity index is 2.18. The third kappa shape index (κ3) is 6.37. The Morgan fingerprint density at radius 3 is 2.89 bits per heavy atom.